The third kappa shape index (κ3) is 4.26. The number of hydrogen-bond donors (Lipinski definition) is 0. The first-order chi connectivity index (χ1) is 13.5. The van der Waals surface area contributed by atoms with E-state index in [0.717, 1.165) is 22.2 Å². The van der Waals surface area contributed by atoms with Gasteiger partial charge in [-0.3, -0.25) is 14.5 Å². The smallest absolute Gasteiger partial charge is 0.328 e. The zero-order valence-electron chi connectivity index (χ0n) is 15.5. The highest BCUT2D eigenvalue weighted by Gasteiger charge is 2.41. The van der Waals surface area contributed by atoms with Gasteiger partial charge in [0.1, 0.15) is 18.4 Å². The van der Waals surface area contributed by atoms with Crippen LogP contribution in [0.3, 0.4) is 0 Å². The van der Waals surface area contributed by atoms with Crippen molar-refractivity contribution in [2.24, 2.45) is 0 Å². The third-order valence-electron chi connectivity index (χ3n) is 4.20. The second-order valence-corrected chi connectivity index (χ2v) is 7.06. The van der Waals surface area contributed by atoms with E-state index < -0.39 is 23.2 Å². The monoisotopic (exact) mass is 397 g/mol. The summed E-state index contributed by atoms with van der Waals surface area (Å²) in [6, 6.07) is 16.0. The van der Waals surface area contributed by atoms with E-state index >= 15 is 0 Å². The molecule has 1 aliphatic rings. The van der Waals surface area contributed by atoms with Crippen molar-refractivity contribution in [3.8, 4) is 5.75 Å². The van der Waals surface area contributed by atoms with Crippen LogP contribution >= 0.6 is 11.8 Å². The summed E-state index contributed by atoms with van der Waals surface area (Å²) in [6.45, 7) is 1.84. The molecule has 2 aromatic rings. The number of methoxy groups -OCH3 is 1. The van der Waals surface area contributed by atoms with Crippen molar-refractivity contribution >= 4 is 35.0 Å². The largest absolute Gasteiger partial charge is 0.488 e. The molecule has 2 amide bonds. The molecule has 0 radical (unpaired) electrons. The highest BCUT2D eigenvalue weighted by molar-refractivity contribution is 8.18. The van der Waals surface area contributed by atoms with E-state index in [1.165, 1.54) is 14.0 Å². The maximum absolute atomic E-state index is 12.6. The summed E-state index contributed by atoms with van der Waals surface area (Å²) >= 11 is 0.791. The van der Waals surface area contributed by atoms with E-state index in [4.69, 9.17) is 4.74 Å². The van der Waals surface area contributed by atoms with Gasteiger partial charge in [0.15, 0.2) is 0 Å². The van der Waals surface area contributed by atoms with E-state index in [0.29, 0.717) is 17.9 Å². The molecule has 144 valence electrons. The van der Waals surface area contributed by atoms with Gasteiger partial charge in [-0.2, -0.15) is 0 Å². The Balaban J connectivity index is 1.81. The number of hydrogen-bond acceptors (Lipinski definition) is 6. The van der Waals surface area contributed by atoms with E-state index in [-0.39, 0.29) is 4.91 Å². The van der Waals surface area contributed by atoms with Gasteiger partial charge in [-0.1, -0.05) is 48.5 Å². The Morgan fingerprint density at radius 3 is 2.50 bits per heavy atom. The predicted molar refractivity (Wildman–Crippen MR) is 107 cm³/mol. The van der Waals surface area contributed by atoms with Crippen molar-refractivity contribution in [1.29, 1.82) is 0 Å². The number of ether oxygens (including phenoxy) is 2. The van der Waals surface area contributed by atoms with Gasteiger partial charge in [0.2, 0.25) is 0 Å². The van der Waals surface area contributed by atoms with Gasteiger partial charge in [-0.05, 0) is 36.4 Å². The van der Waals surface area contributed by atoms with Crippen LogP contribution in [0.2, 0.25) is 0 Å². The molecule has 0 bridgehead atoms. The van der Waals surface area contributed by atoms with Crippen molar-refractivity contribution < 1.29 is 23.9 Å². The number of esters is 1. The van der Waals surface area contributed by atoms with Gasteiger partial charge in [0.05, 0.1) is 12.0 Å². The Labute approximate surface area is 167 Å². The molecule has 28 heavy (non-hydrogen) atoms. The van der Waals surface area contributed by atoms with Crippen LogP contribution in [0.15, 0.2) is 59.5 Å². The van der Waals surface area contributed by atoms with Gasteiger partial charge in [0.25, 0.3) is 11.1 Å². The van der Waals surface area contributed by atoms with Crippen LogP contribution in [0, 0.1) is 0 Å². The van der Waals surface area contributed by atoms with E-state index in [2.05, 4.69) is 4.74 Å². The molecule has 0 aromatic heterocycles. The lowest BCUT2D eigenvalue weighted by Gasteiger charge is -2.18. The molecule has 1 fully saturated rings. The maximum Gasteiger partial charge on any atom is 0.328 e. The second kappa shape index (κ2) is 8.75. The number of nitrogens with zero attached hydrogens (tertiary/aromatic N) is 1. The number of thioether (sulfide) groups is 1. The highest BCUT2D eigenvalue weighted by Crippen LogP contribution is 2.35. The van der Waals surface area contributed by atoms with Crippen LogP contribution in [0.4, 0.5) is 4.79 Å². The Morgan fingerprint density at radius 1 is 1.11 bits per heavy atom. The average molecular weight is 397 g/mol. The lowest BCUT2D eigenvalue weighted by Crippen LogP contribution is -2.42. The fourth-order valence-electron chi connectivity index (χ4n) is 2.70. The molecule has 0 unspecified atom stereocenters. The molecule has 1 saturated heterocycles. The maximum atomic E-state index is 12.6. The molecule has 0 spiro atoms. The van der Waals surface area contributed by atoms with Crippen LogP contribution in [0.1, 0.15) is 18.1 Å². The SMILES string of the molecule is COC(=O)[C@@H](C)N1C(=O)S/C(=C/c2ccccc2OCc2ccccc2)C1=O. The van der Waals surface area contributed by atoms with Crippen molar-refractivity contribution in [2.75, 3.05) is 7.11 Å². The summed E-state index contributed by atoms with van der Waals surface area (Å²) in [4.78, 5) is 37.7. The molecule has 2 aromatic carbocycles. The average Bonchev–Trinajstić information content (AvgIpc) is 3.00. The number of amides is 2. The molecular weight excluding hydrogens is 378 g/mol. The van der Waals surface area contributed by atoms with Crippen LogP contribution < -0.4 is 4.74 Å². The number of imide groups is 1. The summed E-state index contributed by atoms with van der Waals surface area (Å²) in [5.74, 6) is -0.569. The number of benzene rings is 2. The Bertz CT molecular complexity index is 925. The topological polar surface area (TPSA) is 72.9 Å². The molecule has 1 atom stereocenters. The second-order valence-electron chi connectivity index (χ2n) is 6.06. The first-order valence-electron chi connectivity index (χ1n) is 8.62. The molecule has 6 nitrogen and oxygen atoms in total. The number of carbonyl (C=O) groups excluding carboxylic acids is 3. The van der Waals surface area contributed by atoms with Crippen molar-refractivity contribution in [1.82, 2.24) is 4.90 Å². The minimum absolute atomic E-state index is 0.233. The fourth-order valence-corrected chi connectivity index (χ4v) is 3.60. The molecule has 1 heterocycles. The Hall–Kier alpha value is -3.06. The summed E-state index contributed by atoms with van der Waals surface area (Å²) < 4.78 is 10.5. The molecule has 7 heteroatoms. The zero-order valence-corrected chi connectivity index (χ0v) is 16.3. The van der Waals surface area contributed by atoms with Crippen molar-refractivity contribution in [2.45, 2.75) is 19.6 Å². The van der Waals surface area contributed by atoms with Crippen LogP contribution in [0.25, 0.3) is 6.08 Å². The molecule has 3 rings (SSSR count). The standard InChI is InChI=1S/C21H19NO5S/c1-14(20(24)26-2)22-19(23)18(28-21(22)25)12-16-10-6-7-11-17(16)27-13-15-8-4-3-5-9-15/h3-12,14H,13H2,1-2H3/b18-12+/t14-/m1/s1. The predicted octanol–water partition coefficient (Wildman–Crippen LogP) is 3.86. The molecule has 1 aliphatic heterocycles. The number of rotatable bonds is 6. The third-order valence-corrected chi connectivity index (χ3v) is 5.08. The van der Waals surface area contributed by atoms with E-state index in [1.54, 1.807) is 18.2 Å². The van der Waals surface area contributed by atoms with Gasteiger partial charge >= 0.3 is 5.97 Å². The Morgan fingerprint density at radius 2 is 1.79 bits per heavy atom. The van der Waals surface area contributed by atoms with Gasteiger partial charge in [-0.25, -0.2) is 4.79 Å². The lowest BCUT2D eigenvalue weighted by molar-refractivity contribution is -0.148. The fraction of sp³-hybridized carbons (Fsp3) is 0.190. The number of para-hydroxylation sites is 1. The summed E-state index contributed by atoms with van der Waals surface area (Å²) in [5.41, 5.74) is 1.69. The molecule has 0 aliphatic carbocycles. The van der Waals surface area contributed by atoms with Gasteiger partial charge < -0.3 is 9.47 Å². The van der Waals surface area contributed by atoms with Crippen LogP contribution in [-0.2, 0) is 20.9 Å². The normalized spacial score (nSPS) is 16.4. The molecule has 0 saturated carbocycles. The van der Waals surface area contributed by atoms with Crippen molar-refractivity contribution in [3.63, 3.8) is 0 Å². The van der Waals surface area contributed by atoms with Crippen LogP contribution in [-0.4, -0.2) is 35.2 Å². The number of carbonyl (C=O) groups is 3. The Kier molecular flexibility index (Phi) is 6.16. The minimum atomic E-state index is -0.979. The minimum Gasteiger partial charge on any atom is -0.488 e. The van der Waals surface area contributed by atoms with Crippen LogP contribution in [0.5, 0.6) is 5.75 Å². The van der Waals surface area contributed by atoms with Crippen molar-refractivity contribution in [3.05, 3.63) is 70.6 Å². The first-order valence-corrected chi connectivity index (χ1v) is 9.43. The molecule has 0 N–H and O–H groups in total. The summed E-state index contributed by atoms with van der Waals surface area (Å²) in [6.07, 6.45) is 1.61. The van der Waals surface area contributed by atoms with E-state index in [1.807, 2.05) is 42.5 Å². The quantitative estimate of drug-likeness (QED) is 0.544. The lowest BCUT2D eigenvalue weighted by atomic mass is 10.1. The molecular formula is C21H19NO5S. The summed E-state index contributed by atoms with van der Waals surface area (Å²) in [5, 5.41) is -0.503. The van der Waals surface area contributed by atoms with Gasteiger partial charge in [-0.15, -0.1) is 0 Å². The van der Waals surface area contributed by atoms with Gasteiger partial charge in [0, 0.05) is 5.56 Å². The highest BCUT2D eigenvalue weighted by atomic mass is 32.2. The summed E-state index contributed by atoms with van der Waals surface area (Å²) in [7, 11) is 1.22. The zero-order chi connectivity index (χ0) is 20.1. The van der Waals surface area contributed by atoms with E-state index in [9.17, 15) is 14.4 Å². The first kappa shape index (κ1) is 19.7.